The maximum Gasteiger partial charge on any atom is 0.339 e. The normalized spacial score (nSPS) is 10.8. The lowest BCUT2D eigenvalue weighted by atomic mass is 10.3. The maximum absolute atomic E-state index is 11.6. The van der Waals surface area contributed by atoms with Crippen LogP contribution >= 0.6 is 0 Å². The third kappa shape index (κ3) is 4.54. The van der Waals surface area contributed by atoms with Gasteiger partial charge in [-0.2, -0.15) is 0 Å². The van der Waals surface area contributed by atoms with E-state index in [1.54, 1.807) is 0 Å². The molecule has 0 bridgehead atoms. The van der Waals surface area contributed by atoms with E-state index in [0.29, 0.717) is 0 Å². The van der Waals surface area contributed by atoms with Crippen LogP contribution in [-0.2, 0) is 19.6 Å². The van der Waals surface area contributed by atoms with E-state index in [1.807, 2.05) is 4.72 Å². The number of carboxylic acid groups (broad SMARTS) is 1. The molecular formula is C10H12N2O6S. The fraction of sp³-hybridized carbons (Fsp3) is 0.300. The molecule has 0 radical (unpaired) electrons. The third-order valence-electron chi connectivity index (χ3n) is 2.09. The molecular weight excluding hydrogens is 276 g/mol. The summed E-state index contributed by atoms with van der Waals surface area (Å²) in [7, 11) is -2.73. The first-order valence-electron chi connectivity index (χ1n) is 5.11. The van der Waals surface area contributed by atoms with Crippen LogP contribution in [0.2, 0.25) is 0 Å². The Bertz CT molecular complexity index is 583. The number of aromatic carboxylic acids is 1. The van der Waals surface area contributed by atoms with Crippen LogP contribution in [0, 0.1) is 0 Å². The lowest BCUT2D eigenvalue weighted by molar-refractivity contribution is -0.140. The number of hydrogen-bond acceptors (Lipinski definition) is 6. The van der Waals surface area contributed by atoms with E-state index in [9.17, 15) is 18.0 Å². The number of nitrogens with one attached hydrogen (secondary N) is 1. The van der Waals surface area contributed by atoms with Gasteiger partial charge < -0.3 is 9.84 Å². The van der Waals surface area contributed by atoms with Crippen LogP contribution in [0.3, 0.4) is 0 Å². The smallest absolute Gasteiger partial charge is 0.339 e. The van der Waals surface area contributed by atoms with E-state index in [0.717, 1.165) is 7.11 Å². The van der Waals surface area contributed by atoms with Gasteiger partial charge in [-0.1, -0.05) is 0 Å². The molecule has 2 N–H and O–H groups in total. The number of rotatable bonds is 6. The van der Waals surface area contributed by atoms with Crippen molar-refractivity contribution in [2.45, 2.75) is 6.42 Å². The summed E-state index contributed by atoms with van der Waals surface area (Å²) < 4.78 is 29.6. The number of carboxylic acids is 1. The number of carbonyl (C=O) groups is 2. The molecule has 0 spiro atoms. The molecule has 0 aliphatic carbocycles. The average molecular weight is 288 g/mol. The van der Waals surface area contributed by atoms with Gasteiger partial charge in [0.05, 0.1) is 19.3 Å². The fourth-order valence-corrected chi connectivity index (χ4v) is 2.17. The second kappa shape index (κ2) is 6.14. The van der Waals surface area contributed by atoms with Crippen LogP contribution in [-0.4, -0.2) is 43.3 Å². The van der Waals surface area contributed by atoms with Crippen LogP contribution in [0.4, 0.5) is 5.82 Å². The van der Waals surface area contributed by atoms with Gasteiger partial charge in [-0.15, -0.1) is 0 Å². The minimum Gasteiger partial charge on any atom is -0.478 e. The number of esters is 1. The molecule has 0 aromatic carbocycles. The van der Waals surface area contributed by atoms with Gasteiger partial charge in [-0.3, -0.25) is 9.52 Å². The van der Waals surface area contributed by atoms with E-state index in [1.165, 1.54) is 18.3 Å². The number of methoxy groups -OCH3 is 1. The highest BCUT2D eigenvalue weighted by Crippen LogP contribution is 2.13. The number of ether oxygens (including phenoxy) is 1. The number of aromatic nitrogens is 1. The molecule has 1 rings (SSSR count). The summed E-state index contributed by atoms with van der Waals surface area (Å²) in [5.74, 6) is -2.79. The van der Waals surface area contributed by atoms with Gasteiger partial charge >= 0.3 is 11.9 Å². The van der Waals surface area contributed by atoms with E-state index in [-0.39, 0.29) is 17.8 Å². The number of pyridine rings is 1. The molecule has 1 aromatic rings. The Balaban J connectivity index is 2.84. The van der Waals surface area contributed by atoms with Gasteiger partial charge in [-0.05, 0) is 12.1 Å². The average Bonchev–Trinajstić information content (AvgIpc) is 2.36. The van der Waals surface area contributed by atoms with Crippen LogP contribution in [0.25, 0.3) is 0 Å². The molecule has 0 aliphatic rings. The van der Waals surface area contributed by atoms with Crippen molar-refractivity contribution in [3.8, 4) is 0 Å². The predicted molar refractivity (Wildman–Crippen MR) is 65.2 cm³/mol. The van der Waals surface area contributed by atoms with E-state index >= 15 is 0 Å². The van der Waals surface area contributed by atoms with Crippen molar-refractivity contribution >= 4 is 27.8 Å². The second-order valence-corrected chi connectivity index (χ2v) is 5.29. The monoisotopic (exact) mass is 288 g/mol. The van der Waals surface area contributed by atoms with E-state index in [2.05, 4.69) is 9.72 Å². The van der Waals surface area contributed by atoms with Crippen LogP contribution in [0.15, 0.2) is 18.3 Å². The first-order valence-corrected chi connectivity index (χ1v) is 6.76. The lowest BCUT2D eigenvalue weighted by Crippen LogP contribution is -2.21. The van der Waals surface area contributed by atoms with Gasteiger partial charge in [0, 0.05) is 6.20 Å². The summed E-state index contributed by atoms with van der Waals surface area (Å²) in [5.41, 5.74) is -0.274. The molecule has 0 saturated carbocycles. The van der Waals surface area contributed by atoms with Gasteiger partial charge in [0.15, 0.2) is 5.82 Å². The SMILES string of the molecule is COC(=O)CCS(=O)(=O)Nc1ncccc1C(=O)O. The van der Waals surface area contributed by atoms with E-state index < -0.39 is 27.7 Å². The molecule has 104 valence electrons. The molecule has 0 fully saturated rings. The zero-order valence-electron chi connectivity index (χ0n) is 9.99. The first-order chi connectivity index (χ1) is 8.85. The van der Waals surface area contributed by atoms with E-state index in [4.69, 9.17) is 5.11 Å². The van der Waals surface area contributed by atoms with Crippen molar-refractivity contribution in [3.05, 3.63) is 23.9 Å². The van der Waals surface area contributed by atoms with Crippen molar-refractivity contribution in [3.63, 3.8) is 0 Å². The van der Waals surface area contributed by atoms with Crippen molar-refractivity contribution in [1.29, 1.82) is 0 Å². The Morgan fingerprint density at radius 3 is 2.74 bits per heavy atom. The van der Waals surface area contributed by atoms with Crippen molar-refractivity contribution in [2.24, 2.45) is 0 Å². The second-order valence-electron chi connectivity index (χ2n) is 3.45. The van der Waals surface area contributed by atoms with Gasteiger partial charge in [0.2, 0.25) is 10.0 Å². The highest BCUT2D eigenvalue weighted by molar-refractivity contribution is 7.92. The summed E-state index contributed by atoms with van der Waals surface area (Å²) in [6, 6.07) is 2.59. The number of sulfonamides is 1. The maximum atomic E-state index is 11.6. The molecule has 0 saturated heterocycles. The lowest BCUT2D eigenvalue weighted by Gasteiger charge is -2.08. The molecule has 1 heterocycles. The Kier molecular flexibility index (Phi) is 4.81. The molecule has 19 heavy (non-hydrogen) atoms. The molecule has 0 amide bonds. The highest BCUT2D eigenvalue weighted by atomic mass is 32.2. The van der Waals surface area contributed by atoms with Crippen LogP contribution < -0.4 is 4.72 Å². The largest absolute Gasteiger partial charge is 0.478 e. The molecule has 8 nitrogen and oxygen atoms in total. The molecule has 1 aromatic heterocycles. The minimum absolute atomic E-state index is 0.274. The summed E-state index contributed by atoms with van der Waals surface area (Å²) in [4.78, 5) is 25.4. The van der Waals surface area contributed by atoms with Crippen molar-refractivity contribution < 1.29 is 27.9 Å². The van der Waals surface area contributed by atoms with Gasteiger partial charge in [-0.25, -0.2) is 18.2 Å². The summed E-state index contributed by atoms with van der Waals surface area (Å²) in [5, 5.41) is 8.87. The van der Waals surface area contributed by atoms with Crippen LogP contribution in [0.5, 0.6) is 0 Å². The summed E-state index contributed by atoms with van der Waals surface area (Å²) in [6.07, 6.45) is 0.922. The molecule has 0 aliphatic heterocycles. The zero-order valence-corrected chi connectivity index (χ0v) is 10.8. The summed E-state index contributed by atoms with van der Waals surface area (Å²) in [6.45, 7) is 0. The number of hydrogen-bond donors (Lipinski definition) is 2. The van der Waals surface area contributed by atoms with Gasteiger partial charge in [0.25, 0.3) is 0 Å². The fourth-order valence-electron chi connectivity index (χ4n) is 1.18. The molecule has 0 atom stereocenters. The Labute approximate surface area is 109 Å². The Hall–Kier alpha value is -2.16. The standard InChI is InChI=1S/C10H12N2O6S/c1-18-8(13)4-6-19(16,17)12-9-7(10(14)15)3-2-5-11-9/h2-3,5H,4,6H2,1H3,(H,11,12)(H,14,15). The third-order valence-corrected chi connectivity index (χ3v) is 3.34. The number of anilines is 1. The van der Waals surface area contributed by atoms with Crippen LogP contribution in [0.1, 0.15) is 16.8 Å². The van der Waals surface area contributed by atoms with Crippen molar-refractivity contribution in [1.82, 2.24) is 4.98 Å². The van der Waals surface area contributed by atoms with Gasteiger partial charge in [0.1, 0.15) is 5.56 Å². The molecule has 0 unspecified atom stereocenters. The topological polar surface area (TPSA) is 123 Å². The predicted octanol–water partition coefficient (Wildman–Crippen LogP) is 0.0846. The Morgan fingerprint density at radius 1 is 1.47 bits per heavy atom. The highest BCUT2D eigenvalue weighted by Gasteiger charge is 2.18. The summed E-state index contributed by atoms with van der Waals surface area (Å²) >= 11 is 0. The number of nitrogens with zero attached hydrogens (tertiary/aromatic N) is 1. The molecule has 9 heteroatoms. The van der Waals surface area contributed by atoms with Crippen molar-refractivity contribution in [2.75, 3.05) is 17.6 Å². The zero-order chi connectivity index (χ0) is 14.5. The quantitative estimate of drug-likeness (QED) is 0.711. The number of carbonyl (C=O) groups excluding carboxylic acids is 1. The Morgan fingerprint density at radius 2 is 2.16 bits per heavy atom. The first kappa shape index (κ1) is 14.9. The minimum atomic E-state index is -3.87.